The van der Waals surface area contributed by atoms with Gasteiger partial charge in [-0.1, -0.05) is 23.9 Å². The zero-order valence-electron chi connectivity index (χ0n) is 17.0. The number of benzene rings is 1. The maximum Gasteiger partial charge on any atom is 0.409 e. The van der Waals surface area contributed by atoms with Crippen LogP contribution in [0.5, 0.6) is 0 Å². The summed E-state index contributed by atoms with van der Waals surface area (Å²) in [6.45, 7) is 3.84. The molecule has 2 amide bonds. The summed E-state index contributed by atoms with van der Waals surface area (Å²) in [5.74, 6) is -1.73. The molecule has 1 aliphatic heterocycles. The van der Waals surface area contributed by atoms with Crippen LogP contribution in [0.4, 0.5) is 30.4 Å². The molecular weight excluding hydrogens is 463 g/mol. The highest BCUT2D eigenvalue weighted by Gasteiger charge is 2.48. The summed E-state index contributed by atoms with van der Waals surface area (Å²) in [6, 6.07) is 3.63. The van der Waals surface area contributed by atoms with Crippen LogP contribution in [0, 0.1) is 13.8 Å². The third-order valence-electron chi connectivity index (χ3n) is 5.14. The molecule has 0 saturated carbocycles. The Labute approximate surface area is 189 Å². The molecule has 3 heterocycles. The first kappa shape index (κ1) is 22.3. The topological polar surface area (TPSA) is 101 Å². The van der Waals surface area contributed by atoms with E-state index in [0.717, 1.165) is 27.6 Å². The number of para-hydroxylation sites is 2. The monoisotopic (exact) mass is 481 g/mol. The minimum Gasteiger partial charge on any atom is -0.383 e. The molecule has 32 heavy (non-hydrogen) atoms. The van der Waals surface area contributed by atoms with Gasteiger partial charge in [-0.05, 0) is 31.5 Å². The minimum atomic E-state index is -4.79. The van der Waals surface area contributed by atoms with Gasteiger partial charge in [0, 0.05) is 4.88 Å². The summed E-state index contributed by atoms with van der Waals surface area (Å²) in [6.07, 6.45) is -5.68. The van der Waals surface area contributed by atoms with Crippen molar-refractivity contribution in [1.82, 2.24) is 9.97 Å². The van der Waals surface area contributed by atoms with Gasteiger partial charge in [-0.15, -0.1) is 11.3 Å². The number of halogens is 3. The van der Waals surface area contributed by atoms with Crippen molar-refractivity contribution in [1.29, 1.82) is 0 Å². The molecule has 4 rings (SSSR count). The Kier molecular flexibility index (Phi) is 5.76. The molecule has 0 bridgehead atoms. The van der Waals surface area contributed by atoms with Gasteiger partial charge >= 0.3 is 6.18 Å². The number of hydrogen-bond donors (Lipinski definition) is 2. The lowest BCUT2D eigenvalue weighted by Gasteiger charge is -2.31. The normalized spacial score (nSPS) is 16.6. The molecule has 0 fully saturated rings. The lowest BCUT2D eigenvalue weighted by molar-refractivity contribution is -0.157. The van der Waals surface area contributed by atoms with Crippen LogP contribution < -0.4 is 16.0 Å². The van der Waals surface area contributed by atoms with E-state index in [-0.39, 0.29) is 28.1 Å². The lowest BCUT2D eigenvalue weighted by Crippen LogP contribution is -2.50. The number of anilines is 3. The zero-order chi connectivity index (χ0) is 23.2. The summed E-state index contributed by atoms with van der Waals surface area (Å²) < 4.78 is 41.4. The first-order chi connectivity index (χ1) is 15.1. The molecule has 1 atom stereocenters. The van der Waals surface area contributed by atoms with Gasteiger partial charge in [-0.25, -0.2) is 9.97 Å². The van der Waals surface area contributed by atoms with E-state index in [4.69, 9.17) is 5.73 Å². The number of alkyl halides is 3. The van der Waals surface area contributed by atoms with Crippen molar-refractivity contribution >= 4 is 62.3 Å². The second kappa shape index (κ2) is 8.24. The van der Waals surface area contributed by atoms with Gasteiger partial charge < -0.3 is 11.1 Å². The second-order valence-electron chi connectivity index (χ2n) is 7.23. The molecule has 2 aromatic heterocycles. The number of carbonyl (C=O) groups is 2. The molecule has 12 heteroatoms. The molecule has 168 valence electrons. The smallest absolute Gasteiger partial charge is 0.383 e. The molecular formula is C20H18F3N5O2S2. The number of amides is 2. The Hall–Kier alpha value is -2.86. The molecule has 0 aliphatic carbocycles. The quantitative estimate of drug-likeness (QED) is 0.428. The van der Waals surface area contributed by atoms with Crippen molar-refractivity contribution in [3.8, 4) is 0 Å². The molecule has 1 aromatic carbocycles. The fourth-order valence-corrected chi connectivity index (χ4v) is 5.32. The molecule has 1 unspecified atom stereocenters. The van der Waals surface area contributed by atoms with E-state index in [2.05, 4.69) is 15.3 Å². The van der Waals surface area contributed by atoms with Crippen LogP contribution in [-0.2, 0) is 9.59 Å². The highest BCUT2D eigenvalue weighted by molar-refractivity contribution is 7.99. The van der Waals surface area contributed by atoms with Crippen molar-refractivity contribution in [2.45, 2.75) is 37.6 Å². The van der Waals surface area contributed by atoms with Gasteiger partial charge in [0.1, 0.15) is 16.7 Å². The Morgan fingerprint density at radius 3 is 2.75 bits per heavy atom. The number of nitrogen functional groups attached to an aromatic ring is 1. The maximum absolute atomic E-state index is 13.8. The van der Waals surface area contributed by atoms with Gasteiger partial charge in [-0.2, -0.15) is 13.2 Å². The fraction of sp³-hybridized carbons (Fsp3) is 0.300. The number of nitrogens with one attached hydrogen (secondary N) is 1. The van der Waals surface area contributed by atoms with E-state index in [1.165, 1.54) is 29.5 Å². The zero-order valence-corrected chi connectivity index (χ0v) is 18.6. The number of fused-ring (bicyclic) bond motifs is 2. The van der Waals surface area contributed by atoms with Crippen molar-refractivity contribution in [3.05, 3.63) is 34.7 Å². The third kappa shape index (κ3) is 4.11. The summed E-state index contributed by atoms with van der Waals surface area (Å²) in [5.41, 5.74) is 7.16. The molecule has 1 aliphatic rings. The minimum absolute atomic E-state index is 0.00772. The van der Waals surface area contributed by atoms with Gasteiger partial charge in [0.2, 0.25) is 11.8 Å². The number of aryl methyl sites for hydroxylation is 2. The van der Waals surface area contributed by atoms with Crippen molar-refractivity contribution in [2.75, 3.05) is 21.7 Å². The molecule has 3 N–H and O–H groups in total. The number of carbonyl (C=O) groups excluding carboxylic acids is 2. The first-order valence-electron chi connectivity index (χ1n) is 9.50. The fourth-order valence-electron chi connectivity index (χ4n) is 3.52. The number of thioether (sulfide) groups is 1. The highest BCUT2D eigenvalue weighted by Crippen LogP contribution is 2.38. The van der Waals surface area contributed by atoms with E-state index in [9.17, 15) is 22.8 Å². The predicted molar refractivity (Wildman–Crippen MR) is 119 cm³/mol. The van der Waals surface area contributed by atoms with Crippen LogP contribution in [0.1, 0.15) is 16.9 Å². The van der Waals surface area contributed by atoms with E-state index in [1.807, 2.05) is 13.8 Å². The number of nitrogens with zero attached hydrogens (tertiary/aromatic N) is 3. The van der Waals surface area contributed by atoms with Gasteiger partial charge in [0.15, 0.2) is 5.16 Å². The molecule has 0 saturated heterocycles. The first-order valence-corrected chi connectivity index (χ1v) is 11.3. The molecule has 0 spiro atoms. The van der Waals surface area contributed by atoms with Gasteiger partial charge in [0.05, 0.1) is 28.9 Å². The van der Waals surface area contributed by atoms with E-state index in [1.54, 1.807) is 6.07 Å². The molecule has 0 radical (unpaired) electrons. The average molecular weight is 482 g/mol. The van der Waals surface area contributed by atoms with E-state index in [0.29, 0.717) is 9.73 Å². The van der Waals surface area contributed by atoms with Crippen LogP contribution >= 0.6 is 23.1 Å². The number of hydrogen-bond acceptors (Lipinski definition) is 7. The lowest BCUT2D eigenvalue weighted by atomic mass is 10.1. The summed E-state index contributed by atoms with van der Waals surface area (Å²) in [5, 5.41) is 3.38. The third-order valence-corrected chi connectivity index (χ3v) is 7.07. The molecule has 3 aromatic rings. The van der Waals surface area contributed by atoms with E-state index >= 15 is 0 Å². The number of aromatic nitrogens is 2. The maximum atomic E-state index is 13.8. The Balaban J connectivity index is 1.65. The highest BCUT2D eigenvalue weighted by atomic mass is 32.2. The van der Waals surface area contributed by atoms with Crippen LogP contribution in [-0.4, -0.2) is 39.8 Å². The number of thiophene rings is 1. The van der Waals surface area contributed by atoms with Crippen LogP contribution in [0.3, 0.4) is 0 Å². The molecule has 7 nitrogen and oxygen atoms in total. The largest absolute Gasteiger partial charge is 0.409 e. The van der Waals surface area contributed by atoms with Gasteiger partial charge in [-0.3, -0.25) is 14.5 Å². The summed E-state index contributed by atoms with van der Waals surface area (Å²) >= 11 is 2.33. The Morgan fingerprint density at radius 2 is 2.03 bits per heavy atom. The Morgan fingerprint density at radius 1 is 1.31 bits per heavy atom. The SMILES string of the molecule is Cc1sc2nc(SCC(=O)N3c4ccccc4NC(=O)CC3C(F)(F)F)nc(N)c2c1C. The summed E-state index contributed by atoms with van der Waals surface area (Å²) in [7, 11) is 0. The number of rotatable bonds is 3. The average Bonchev–Trinajstić information content (AvgIpc) is 2.90. The van der Waals surface area contributed by atoms with Crippen LogP contribution in [0.25, 0.3) is 10.2 Å². The van der Waals surface area contributed by atoms with Crippen molar-refractivity contribution in [3.63, 3.8) is 0 Å². The predicted octanol–water partition coefficient (Wildman–Crippen LogP) is 4.29. The van der Waals surface area contributed by atoms with Crippen LogP contribution in [0.2, 0.25) is 0 Å². The standard InChI is InChI=1S/C20H18F3N5O2S2/c1-9-10(2)32-18-16(9)17(24)26-19(27-18)31-8-15(30)28-12-6-4-3-5-11(12)25-14(29)7-13(28)20(21,22)23/h3-6,13H,7-8H2,1-2H3,(H,25,29)(H2,24,26,27). The van der Waals surface area contributed by atoms with Gasteiger partial charge in [0.25, 0.3) is 0 Å². The Bertz CT molecular complexity index is 1230. The van der Waals surface area contributed by atoms with Crippen molar-refractivity contribution in [2.24, 2.45) is 0 Å². The number of nitrogens with two attached hydrogens (primary N) is 1. The summed E-state index contributed by atoms with van der Waals surface area (Å²) in [4.78, 5) is 36.0. The van der Waals surface area contributed by atoms with Crippen LogP contribution in [0.15, 0.2) is 29.4 Å². The second-order valence-corrected chi connectivity index (χ2v) is 9.38. The van der Waals surface area contributed by atoms with Crippen molar-refractivity contribution < 1.29 is 22.8 Å². The van der Waals surface area contributed by atoms with E-state index < -0.39 is 30.5 Å².